The molecule has 2 atom stereocenters. The van der Waals surface area contributed by atoms with Gasteiger partial charge in [-0.25, -0.2) is 9.97 Å². The lowest BCUT2D eigenvalue weighted by atomic mass is 9.97. The summed E-state index contributed by atoms with van der Waals surface area (Å²) in [6, 6.07) is 1.94. The third-order valence-electron chi connectivity index (χ3n) is 3.26. The smallest absolute Gasteiger partial charge is 0.191 e. The SMILES string of the molecule is Nc1nc(SC2CCCCC2O)nc2sccc12. The van der Waals surface area contributed by atoms with Crippen molar-refractivity contribution in [1.29, 1.82) is 0 Å². The predicted molar refractivity (Wildman–Crippen MR) is 75.9 cm³/mol. The molecule has 0 saturated heterocycles. The summed E-state index contributed by atoms with van der Waals surface area (Å²) in [4.78, 5) is 9.76. The largest absolute Gasteiger partial charge is 0.392 e. The lowest BCUT2D eigenvalue weighted by Gasteiger charge is -2.26. The standard InChI is InChI=1S/C12H15N3OS2/c13-10-7-5-6-17-11(7)15-12(14-10)18-9-4-2-1-3-8(9)16/h5-6,8-9,16H,1-4H2,(H2,13,14,15). The Morgan fingerprint density at radius 2 is 2.17 bits per heavy atom. The number of nitrogens with zero attached hydrogens (tertiary/aromatic N) is 2. The number of hydrogen-bond acceptors (Lipinski definition) is 6. The van der Waals surface area contributed by atoms with Gasteiger partial charge in [-0.05, 0) is 24.3 Å². The van der Waals surface area contributed by atoms with Gasteiger partial charge in [-0.15, -0.1) is 11.3 Å². The van der Waals surface area contributed by atoms with Gasteiger partial charge in [-0.3, -0.25) is 0 Å². The molecule has 1 aliphatic rings. The fourth-order valence-corrected chi connectivity index (χ4v) is 4.23. The molecule has 0 bridgehead atoms. The molecule has 18 heavy (non-hydrogen) atoms. The van der Waals surface area contributed by atoms with Crippen molar-refractivity contribution in [3.05, 3.63) is 11.4 Å². The molecule has 0 aliphatic heterocycles. The number of nitrogens with two attached hydrogens (primary N) is 1. The molecule has 1 fully saturated rings. The first-order valence-electron chi connectivity index (χ1n) is 6.09. The lowest BCUT2D eigenvalue weighted by Crippen LogP contribution is -2.26. The number of thiophene rings is 1. The first-order chi connectivity index (χ1) is 8.74. The number of anilines is 1. The van der Waals surface area contributed by atoms with E-state index in [1.807, 2.05) is 11.4 Å². The van der Waals surface area contributed by atoms with Gasteiger partial charge >= 0.3 is 0 Å². The van der Waals surface area contributed by atoms with E-state index in [1.54, 1.807) is 23.1 Å². The van der Waals surface area contributed by atoms with E-state index < -0.39 is 0 Å². The van der Waals surface area contributed by atoms with E-state index in [2.05, 4.69) is 9.97 Å². The third kappa shape index (κ3) is 2.32. The van der Waals surface area contributed by atoms with Crippen LogP contribution in [-0.2, 0) is 0 Å². The zero-order valence-corrected chi connectivity index (χ0v) is 11.5. The topological polar surface area (TPSA) is 72.0 Å². The highest BCUT2D eigenvalue weighted by Crippen LogP contribution is 2.34. The van der Waals surface area contributed by atoms with Crippen LogP contribution in [0.5, 0.6) is 0 Å². The number of aromatic nitrogens is 2. The van der Waals surface area contributed by atoms with E-state index in [1.165, 1.54) is 6.42 Å². The highest BCUT2D eigenvalue weighted by Gasteiger charge is 2.25. The number of aliphatic hydroxyl groups excluding tert-OH is 1. The lowest BCUT2D eigenvalue weighted by molar-refractivity contribution is 0.137. The number of rotatable bonds is 2. The Balaban J connectivity index is 1.85. The molecule has 3 N–H and O–H groups in total. The van der Waals surface area contributed by atoms with Crippen LogP contribution < -0.4 is 5.73 Å². The maximum absolute atomic E-state index is 9.97. The summed E-state index contributed by atoms with van der Waals surface area (Å²) in [6.07, 6.45) is 3.95. The Bertz CT molecular complexity index is 557. The highest BCUT2D eigenvalue weighted by atomic mass is 32.2. The molecular weight excluding hydrogens is 266 g/mol. The average Bonchev–Trinajstić information content (AvgIpc) is 2.81. The average molecular weight is 281 g/mol. The van der Waals surface area contributed by atoms with Crippen LogP contribution in [0.3, 0.4) is 0 Å². The van der Waals surface area contributed by atoms with E-state index in [-0.39, 0.29) is 11.4 Å². The van der Waals surface area contributed by atoms with E-state index in [4.69, 9.17) is 5.73 Å². The monoisotopic (exact) mass is 281 g/mol. The molecule has 0 amide bonds. The molecule has 2 heterocycles. The van der Waals surface area contributed by atoms with Crippen LogP contribution in [0.25, 0.3) is 10.2 Å². The van der Waals surface area contributed by atoms with Gasteiger partial charge in [0.25, 0.3) is 0 Å². The van der Waals surface area contributed by atoms with Crippen LogP contribution in [0.1, 0.15) is 25.7 Å². The molecule has 0 aromatic carbocycles. The van der Waals surface area contributed by atoms with Crippen LogP contribution in [0.4, 0.5) is 5.82 Å². The van der Waals surface area contributed by atoms with Gasteiger partial charge in [0.15, 0.2) is 5.16 Å². The normalized spacial score (nSPS) is 24.5. The Hall–Kier alpha value is -0.850. The first-order valence-corrected chi connectivity index (χ1v) is 7.85. The number of hydrogen-bond donors (Lipinski definition) is 2. The van der Waals surface area contributed by atoms with E-state index >= 15 is 0 Å². The molecule has 3 rings (SSSR count). The molecule has 2 unspecified atom stereocenters. The van der Waals surface area contributed by atoms with Gasteiger partial charge in [-0.2, -0.15) is 0 Å². The Morgan fingerprint density at radius 1 is 1.33 bits per heavy atom. The van der Waals surface area contributed by atoms with Crippen LogP contribution in [0.15, 0.2) is 16.6 Å². The second kappa shape index (κ2) is 5.03. The number of aliphatic hydroxyl groups is 1. The second-order valence-corrected chi connectivity index (χ2v) is 6.64. The molecule has 2 aromatic heterocycles. The van der Waals surface area contributed by atoms with Gasteiger partial charge < -0.3 is 10.8 Å². The Labute approximate surface area is 114 Å². The van der Waals surface area contributed by atoms with Crippen molar-refractivity contribution in [2.75, 3.05) is 5.73 Å². The summed E-state index contributed by atoms with van der Waals surface area (Å²) in [6.45, 7) is 0. The van der Waals surface area contributed by atoms with Crippen LogP contribution in [0.2, 0.25) is 0 Å². The van der Waals surface area contributed by atoms with Crippen LogP contribution in [0, 0.1) is 0 Å². The molecule has 0 radical (unpaired) electrons. The molecule has 1 saturated carbocycles. The maximum Gasteiger partial charge on any atom is 0.191 e. The van der Waals surface area contributed by atoms with Gasteiger partial charge in [0.05, 0.1) is 11.5 Å². The van der Waals surface area contributed by atoms with Crippen molar-refractivity contribution >= 4 is 39.1 Å². The van der Waals surface area contributed by atoms with Crippen molar-refractivity contribution in [2.24, 2.45) is 0 Å². The van der Waals surface area contributed by atoms with Crippen molar-refractivity contribution in [3.63, 3.8) is 0 Å². The Kier molecular flexibility index (Phi) is 3.41. The van der Waals surface area contributed by atoms with Crippen molar-refractivity contribution in [1.82, 2.24) is 9.97 Å². The summed E-state index contributed by atoms with van der Waals surface area (Å²) < 4.78 is 0. The van der Waals surface area contributed by atoms with E-state index in [0.717, 1.165) is 29.5 Å². The first kappa shape index (κ1) is 12.2. The summed E-state index contributed by atoms with van der Waals surface area (Å²) in [5, 5.41) is 13.8. The summed E-state index contributed by atoms with van der Waals surface area (Å²) in [5.74, 6) is 0.536. The highest BCUT2D eigenvalue weighted by molar-refractivity contribution is 7.99. The van der Waals surface area contributed by atoms with Crippen molar-refractivity contribution in [2.45, 2.75) is 42.2 Å². The molecule has 4 nitrogen and oxygen atoms in total. The second-order valence-electron chi connectivity index (χ2n) is 4.54. The molecule has 0 spiro atoms. The Morgan fingerprint density at radius 3 is 3.00 bits per heavy atom. The maximum atomic E-state index is 9.97. The van der Waals surface area contributed by atoms with Crippen LogP contribution in [-0.4, -0.2) is 26.4 Å². The molecule has 2 aromatic rings. The van der Waals surface area contributed by atoms with Crippen LogP contribution >= 0.6 is 23.1 Å². The van der Waals surface area contributed by atoms with Crippen molar-refractivity contribution in [3.8, 4) is 0 Å². The van der Waals surface area contributed by atoms with Gasteiger partial charge in [-0.1, -0.05) is 24.6 Å². The van der Waals surface area contributed by atoms with Crippen molar-refractivity contribution < 1.29 is 5.11 Å². The minimum Gasteiger partial charge on any atom is -0.392 e. The number of thioether (sulfide) groups is 1. The molecular formula is C12H15N3OS2. The van der Waals surface area contributed by atoms with E-state index in [0.29, 0.717) is 11.0 Å². The summed E-state index contributed by atoms with van der Waals surface area (Å²) >= 11 is 3.13. The fraction of sp³-hybridized carbons (Fsp3) is 0.500. The summed E-state index contributed by atoms with van der Waals surface area (Å²) in [5.41, 5.74) is 5.92. The van der Waals surface area contributed by atoms with Gasteiger partial charge in [0, 0.05) is 5.25 Å². The number of fused-ring (bicyclic) bond motifs is 1. The predicted octanol–water partition coefficient (Wildman–Crippen LogP) is 2.67. The van der Waals surface area contributed by atoms with E-state index in [9.17, 15) is 5.11 Å². The minimum absolute atomic E-state index is 0.204. The minimum atomic E-state index is -0.243. The van der Waals surface area contributed by atoms with Gasteiger partial charge in [0.1, 0.15) is 10.6 Å². The molecule has 6 heteroatoms. The zero-order chi connectivity index (χ0) is 12.5. The third-order valence-corrected chi connectivity index (χ3v) is 5.31. The molecule has 1 aliphatic carbocycles. The quantitative estimate of drug-likeness (QED) is 0.828. The fourth-order valence-electron chi connectivity index (χ4n) is 2.26. The summed E-state index contributed by atoms with van der Waals surface area (Å²) in [7, 11) is 0. The van der Waals surface area contributed by atoms with Gasteiger partial charge in [0.2, 0.25) is 0 Å². The zero-order valence-electron chi connectivity index (χ0n) is 9.87. The molecule has 96 valence electrons. The number of nitrogen functional groups attached to an aromatic ring is 1.